The number of hydrogen-bond acceptors (Lipinski definition) is 1. The minimum absolute atomic E-state index is 0.0624. The molecule has 0 bridgehead atoms. The molecule has 0 radical (unpaired) electrons. The lowest BCUT2D eigenvalue weighted by atomic mass is 10.1. The van der Waals surface area contributed by atoms with E-state index in [2.05, 4.69) is 5.32 Å². The summed E-state index contributed by atoms with van der Waals surface area (Å²) in [5, 5.41) is 3.65. The molecule has 0 atom stereocenters. The van der Waals surface area contributed by atoms with Crippen molar-refractivity contribution in [2.45, 2.75) is 39.2 Å². The molecule has 0 fully saturated rings. The second kappa shape index (κ2) is 5.35. The van der Waals surface area contributed by atoms with Gasteiger partial charge in [-0.1, -0.05) is 29.8 Å². The first-order chi connectivity index (χ1) is 7.38. The Morgan fingerprint density at radius 3 is 2.50 bits per heavy atom. The SMILES string of the molecule is CC(C)(C)NC(=O)CCc1ccccc1Cl. The number of amides is 1. The predicted octanol–water partition coefficient (Wildman–Crippen LogP) is 3.19. The highest BCUT2D eigenvalue weighted by Crippen LogP contribution is 2.16. The van der Waals surface area contributed by atoms with E-state index in [1.165, 1.54) is 0 Å². The van der Waals surface area contributed by atoms with Crippen LogP contribution in [-0.2, 0) is 11.2 Å². The minimum atomic E-state index is -0.169. The molecule has 0 spiro atoms. The van der Waals surface area contributed by atoms with Gasteiger partial charge in [0.05, 0.1) is 0 Å². The van der Waals surface area contributed by atoms with Crippen molar-refractivity contribution in [1.82, 2.24) is 5.32 Å². The van der Waals surface area contributed by atoms with Crippen molar-refractivity contribution in [2.75, 3.05) is 0 Å². The zero-order valence-electron chi connectivity index (χ0n) is 10.0. The average Bonchev–Trinajstić information content (AvgIpc) is 2.14. The van der Waals surface area contributed by atoms with Crippen molar-refractivity contribution < 1.29 is 4.79 Å². The Morgan fingerprint density at radius 1 is 1.31 bits per heavy atom. The highest BCUT2D eigenvalue weighted by atomic mass is 35.5. The molecule has 88 valence electrons. The van der Waals surface area contributed by atoms with Crippen molar-refractivity contribution in [1.29, 1.82) is 0 Å². The summed E-state index contributed by atoms with van der Waals surface area (Å²) in [7, 11) is 0. The largest absolute Gasteiger partial charge is 0.351 e. The lowest BCUT2D eigenvalue weighted by Crippen LogP contribution is -2.40. The smallest absolute Gasteiger partial charge is 0.220 e. The third-order valence-electron chi connectivity index (χ3n) is 2.09. The standard InChI is InChI=1S/C13H18ClNO/c1-13(2,3)15-12(16)9-8-10-6-4-5-7-11(10)14/h4-7H,8-9H2,1-3H3,(H,15,16). The summed E-state index contributed by atoms with van der Waals surface area (Å²) in [6, 6.07) is 7.62. The van der Waals surface area contributed by atoms with E-state index in [9.17, 15) is 4.79 Å². The Bertz CT molecular complexity index is 368. The van der Waals surface area contributed by atoms with E-state index >= 15 is 0 Å². The summed E-state index contributed by atoms with van der Waals surface area (Å²) in [6.45, 7) is 5.92. The van der Waals surface area contributed by atoms with Gasteiger partial charge in [-0.15, -0.1) is 0 Å². The van der Waals surface area contributed by atoms with Crippen LogP contribution in [-0.4, -0.2) is 11.4 Å². The molecule has 1 aromatic carbocycles. The Labute approximate surface area is 102 Å². The van der Waals surface area contributed by atoms with Gasteiger partial charge in [0.1, 0.15) is 0 Å². The van der Waals surface area contributed by atoms with Gasteiger partial charge in [-0.25, -0.2) is 0 Å². The third-order valence-corrected chi connectivity index (χ3v) is 2.46. The molecule has 0 aliphatic rings. The molecule has 1 amide bonds. The van der Waals surface area contributed by atoms with Crippen LogP contribution in [0.4, 0.5) is 0 Å². The molecule has 1 N–H and O–H groups in total. The average molecular weight is 240 g/mol. The monoisotopic (exact) mass is 239 g/mol. The summed E-state index contributed by atoms with van der Waals surface area (Å²) in [5.74, 6) is 0.0624. The van der Waals surface area contributed by atoms with Gasteiger partial charge in [0, 0.05) is 17.0 Å². The molecule has 0 aliphatic carbocycles. The van der Waals surface area contributed by atoms with Gasteiger partial charge in [0.25, 0.3) is 0 Å². The van der Waals surface area contributed by atoms with Gasteiger partial charge in [0.2, 0.25) is 5.91 Å². The zero-order valence-corrected chi connectivity index (χ0v) is 10.8. The summed E-state index contributed by atoms with van der Waals surface area (Å²) in [4.78, 5) is 11.6. The van der Waals surface area contributed by atoms with Crippen molar-refractivity contribution in [3.05, 3.63) is 34.9 Å². The topological polar surface area (TPSA) is 29.1 Å². The Hall–Kier alpha value is -1.02. The van der Waals surface area contributed by atoms with E-state index in [1.807, 2.05) is 45.0 Å². The maximum absolute atomic E-state index is 11.6. The quantitative estimate of drug-likeness (QED) is 0.863. The van der Waals surface area contributed by atoms with Crippen LogP contribution in [0.1, 0.15) is 32.8 Å². The molecule has 1 aromatic rings. The van der Waals surface area contributed by atoms with Crippen LogP contribution in [0.2, 0.25) is 5.02 Å². The van der Waals surface area contributed by atoms with Crippen LogP contribution >= 0.6 is 11.6 Å². The van der Waals surface area contributed by atoms with Crippen LogP contribution in [0.25, 0.3) is 0 Å². The van der Waals surface area contributed by atoms with Crippen LogP contribution in [0.5, 0.6) is 0 Å². The molecule has 16 heavy (non-hydrogen) atoms. The van der Waals surface area contributed by atoms with Crippen LogP contribution in [0.3, 0.4) is 0 Å². The van der Waals surface area contributed by atoms with Gasteiger partial charge in [-0.3, -0.25) is 4.79 Å². The summed E-state index contributed by atoms with van der Waals surface area (Å²) in [5.41, 5.74) is 0.852. The number of nitrogens with one attached hydrogen (secondary N) is 1. The summed E-state index contributed by atoms with van der Waals surface area (Å²) < 4.78 is 0. The fourth-order valence-corrected chi connectivity index (χ4v) is 1.66. The van der Waals surface area contributed by atoms with Gasteiger partial charge in [-0.2, -0.15) is 0 Å². The fraction of sp³-hybridized carbons (Fsp3) is 0.462. The number of benzene rings is 1. The molecule has 3 heteroatoms. The van der Waals surface area contributed by atoms with E-state index in [0.717, 1.165) is 10.6 Å². The predicted molar refractivity (Wildman–Crippen MR) is 67.7 cm³/mol. The Morgan fingerprint density at radius 2 is 1.94 bits per heavy atom. The molecule has 0 heterocycles. The van der Waals surface area contributed by atoms with E-state index in [4.69, 9.17) is 11.6 Å². The lowest BCUT2D eigenvalue weighted by Gasteiger charge is -2.20. The minimum Gasteiger partial charge on any atom is -0.351 e. The highest BCUT2D eigenvalue weighted by Gasteiger charge is 2.13. The zero-order chi connectivity index (χ0) is 12.2. The normalized spacial score (nSPS) is 11.2. The Balaban J connectivity index is 2.47. The number of rotatable bonds is 3. The maximum Gasteiger partial charge on any atom is 0.220 e. The lowest BCUT2D eigenvalue weighted by molar-refractivity contribution is -0.122. The molecule has 1 rings (SSSR count). The first-order valence-electron chi connectivity index (χ1n) is 5.43. The molecule has 2 nitrogen and oxygen atoms in total. The maximum atomic E-state index is 11.6. The first-order valence-corrected chi connectivity index (χ1v) is 5.81. The molecular formula is C13H18ClNO. The summed E-state index contributed by atoms with van der Waals surface area (Å²) >= 11 is 6.01. The second-order valence-corrected chi connectivity index (χ2v) is 5.30. The van der Waals surface area contributed by atoms with E-state index in [0.29, 0.717) is 12.8 Å². The van der Waals surface area contributed by atoms with E-state index in [-0.39, 0.29) is 11.4 Å². The van der Waals surface area contributed by atoms with E-state index in [1.54, 1.807) is 0 Å². The number of halogens is 1. The molecule has 0 aliphatic heterocycles. The van der Waals surface area contributed by atoms with Crippen LogP contribution in [0.15, 0.2) is 24.3 Å². The number of carbonyl (C=O) groups is 1. The fourth-order valence-electron chi connectivity index (χ4n) is 1.43. The molecule has 0 aromatic heterocycles. The van der Waals surface area contributed by atoms with Crippen LogP contribution < -0.4 is 5.32 Å². The Kier molecular flexibility index (Phi) is 4.36. The van der Waals surface area contributed by atoms with E-state index < -0.39 is 0 Å². The van der Waals surface area contributed by atoms with Crippen molar-refractivity contribution in [3.8, 4) is 0 Å². The van der Waals surface area contributed by atoms with Crippen molar-refractivity contribution in [2.24, 2.45) is 0 Å². The second-order valence-electron chi connectivity index (χ2n) is 4.89. The van der Waals surface area contributed by atoms with Gasteiger partial charge >= 0.3 is 0 Å². The number of hydrogen-bond donors (Lipinski definition) is 1. The molecule has 0 unspecified atom stereocenters. The number of aryl methyl sites for hydroxylation is 1. The van der Waals surface area contributed by atoms with Crippen molar-refractivity contribution >= 4 is 17.5 Å². The third kappa shape index (κ3) is 4.67. The van der Waals surface area contributed by atoms with Gasteiger partial charge in [-0.05, 0) is 38.8 Å². The molecule has 0 saturated heterocycles. The highest BCUT2D eigenvalue weighted by molar-refractivity contribution is 6.31. The van der Waals surface area contributed by atoms with Crippen LogP contribution in [0, 0.1) is 0 Å². The van der Waals surface area contributed by atoms with Crippen molar-refractivity contribution in [3.63, 3.8) is 0 Å². The molecular weight excluding hydrogens is 222 g/mol. The number of carbonyl (C=O) groups excluding carboxylic acids is 1. The van der Waals surface area contributed by atoms with Gasteiger partial charge in [0.15, 0.2) is 0 Å². The first kappa shape index (κ1) is 13.0. The summed E-state index contributed by atoms with van der Waals surface area (Å²) in [6.07, 6.45) is 1.16. The molecule has 0 saturated carbocycles. The van der Waals surface area contributed by atoms with Gasteiger partial charge < -0.3 is 5.32 Å².